The third kappa shape index (κ3) is 1.98. The zero-order chi connectivity index (χ0) is 15.3. The Balaban J connectivity index is 1.81. The Bertz CT molecular complexity index is 588. The van der Waals surface area contributed by atoms with Crippen LogP contribution < -0.4 is 10.1 Å². The Kier molecular flexibility index (Phi) is 3.12. The van der Waals surface area contributed by atoms with E-state index in [2.05, 4.69) is 25.7 Å². The van der Waals surface area contributed by atoms with Gasteiger partial charge in [-0.1, -0.05) is 26.0 Å². The number of hydrogen-bond donors (Lipinski definition) is 1. The smallest absolute Gasteiger partial charge is 0.234 e. The molecule has 2 saturated carbocycles. The Hall–Kier alpha value is -1.77. The van der Waals surface area contributed by atoms with Gasteiger partial charge in [0.15, 0.2) is 0 Å². The normalized spacial score (nSPS) is 29.5. The van der Waals surface area contributed by atoms with Crippen LogP contribution in [0, 0.1) is 16.7 Å². The van der Waals surface area contributed by atoms with E-state index in [1.165, 1.54) is 0 Å². The topological polar surface area (TPSA) is 38.3 Å². The summed E-state index contributed by atoms with van der Waals surface area (Å²) in [4.78, 5) is 12.8. The minimum Gasteiger partial charge on any atom is -0.497 e. The molecule has 3 rings (SSSR count). The summed E-state index contributed by atoms with van der Waals surface area (Å²) in [6.07, 6.45) is 3.00. The number of fused-ring (bicyclic) bond motifs is 2. The summed E-state index contributed by atoms with van der Waals surface area (Å²) in [5.41, 5.74) is 1.64. The maximum absolute atomic E-state index is 12.8. The van der Waals surface area contributed by atoms with E-state index in [0.717, 1.165) is 36.3 Å². The highest BCUT2D eigenvalue weighted by molar-refractivity contribution is 5.98. The zero-order valence-electron chi connectivity index (χ0n) is 13.0. The molecule has 3 heteroatoms. The number of rotatable bonds is 3. The van der Waals surface area contributed by atoms with E-state index in [-0.39, 0.29) is 16.7 Å². The molecular weight excluding hydrogens is 262 g/mol. The molecule has 2 bridgehead atoms. The largest absolute Gasteiger partial charge is 0.497 e. The quantitative estimate of drug-likeness (QED) is 0.852. The fourth-order valence-electron chi connectivity index (χ4n) is 4.07. The maximum Gasteiger partial charge on any atom is 0.234 e. The summed E-state index contributed by atoms with van der Waals surface area (Å²) in [6.45, 7) is 8.72. The van der Waals surface area contributed by atoms with Gasteiger partial charge in [0.2, 0.25) is 5.91 Å². The highest BCUT2D eigenvalue weighted by Gasteiger charge is 2.60. The van der Waals surface area contributed by atoms with Gasteiger partial charge in [-0.3, -0.25) is 4.79 Å². The molecule has 3 nitrogen and oxygen atoms in total. The first-order chi connectivity index (χ1) is 9.90. The van der Waals surface area contributed by atoms with Crippen LogP contribution in [0.3, 0.4) is 0 Å². The average Bonchev–Trinajstić information content (AvgIpc) is 3.00. The van der Waals surface area contributed by atoms with Gasteiger partial charge in [-0.05, 0) is 54.9 Å². The van der Waals surface area contributed by atoms with Crippen molar-refractivity contribution in [1.29, 1.82) is 0 Å². The number of carbonyl (C=O) groups excluding carboxylic acids is 1. The third-order valence-electron chi connectivity index (χ3n) is 5.67. The van der Waals surface area contributed by atoms with Crippen LogP contribution in [0.4, 0.5) is 5.69 Å². The first kappa shape index (κ1) is 14.2. The fraction of sp³-hybridized carbons (Fsp3) is 0.500. The molecule has 2 fully saturated rings. The lowest BCUT2D eigenvalue weighted by Crippen LogP contribution is -2.37. The van der Waals surface area contributed by atoms with Crippen LogP contribution in [0.1, 0.15) is 33.1 Å². The number of hydrogen-bond acceptors (Lipinski definition) is 2. The van der Waals surface area contributed by atoms with Gasteiger partial charge in [0, 0.05) is 5.69 Å². The molecule has 0 radical (unpaired) electrons. The van der Waals surface area contributed by atoms with Gasteiger partial charge in [-0.15, -0.1) is 0 Å². The summed E-state index contributed by atoms with van der Waals surface area (Å²) < 4.78 is 5.14. The Morgan fingerprint density at radius 2 is 2.00 bits per heavy atom. The van der Waals surface area contributed by atoms with Gasteiger partial charge in [0.05, 0.1) is 12.5 Å². The Labute approximate surface area is 126 Å². The van der Waals surface area contributed by atoms with Crippen molar-refractivity contribution in [2.75, 3.05) is 12.4 Å². The van der Waals surface area contributed by atoms with Crippen molar-refractivity contribution in [3.8, 4) is 5.75 Å². The molecule has 1 aromatic carbocycles. The predicted molar refractivity (Wildman–Crippen MR) is 84.3 cm³/mol. The summed E-state index contributed by atoms with van der Waals surface area (Å²) in [5, 5.41) is 3.07. The van der Waals surface area contributed by atoms with Gasteiger partial charge >= 0.3 is 0 Å². The van der Waals surface area contributed by atoms with E-state index in [1.54, 1.807) is 7.11 Å². The number of nitrogens with one attached hydrogen (secondary N) is 1. The second-order valence-electron chi connectivity index (χ2n) is 6.90. The zero-order valence-corrected chi connectivity index (χ0v) is 13.0. The molecule has 1 amide bonds. The molecule has 112 valence electrons. The van der Waals surface area contributed by atoms with E-state index >= 15 is 0 Å². The van der Waals surface area contributed by atoms with Gasteiger partial charge in [-0.2, -0.15) is 0 Å². The molecule has 2 aliphatic carbocycles. The summed E-state index contributed by atoms with van der Waals surface area (Å²) in [7, 11) is 1.63. The minimum absolute atomic E-state index is 0.0789. The first-order valence-electron chi connectivity index (χ1n) is 7.55. The summed E-state index contributed by atoms with van der Waals surface area (Å²) in [5.74, 6) is 1.48. The molecule has 0 saturated heterocycles. The second-order valence-corrected chi connectivity index (χ2v) is 6.90. The lowest BCUT2D eigenvalue weighted by molar-refractivity contribution is -0.123. The molecule has 2 atom stereocenters. The highest BCUT2D eigenvalue weighted by Crippen LogP contribution is 2.65. The first-order valence-corrected chi connectivity index (χ1v) is 7.55. The van der Waals surface area contributed by atoms with Crippen molar-refractivity contribution >= 4 is 11.6 Å². The van der Waals surface area contributed by atoms with Crippen molar-refractivity contribution in [1.82, 2.24) is 0 Å². The van der Waals surface area contributed by atoms with Gasteiger partial charge in [0.1, 0.15) is 5.75 Å². The van der Waals surface area contributed by atoms with E-state index in [4.69, 9.17) is 4.74 Å². The number of methoxy groups -OCH3 is 1. The fourth-order valence-corrected chi connectivity index (χ4v) is 4.07. The molecule has 2 aliphatic rings. The SMILES string of the molecule is C=C1C(C)(C)[C@H]2CC[C@]1(C(=O)Nc1ccc(OC)cc1)C2. The molecular formula is C18H23NO2. The summed E-state index contributed by atoms with van der Waals surface area (Å²) in [6, 6.07) is 7.47. The van der Waals surface area contributed by atoms with Crippen molar-refractivity contribution < 1.29 is 9.53 Å². The number of anilines is 1. The van der Waals surface area contributed by atoms with Gasteiger partial charge in [-0.25, -0.2) is 0 Å². The minimum atomic E-state index is -0.367. The van der Waals surface area contributed by atoms with Crippen LogP contribution in [0.15, 0.2) is 36.4 Å². The van der Waals surface area contributed by atoms with Crippen LogP contribution in [0.2, 0.25) is 0 Å². The molecule has 0 heterocycles. The molecule has 21 heavy (non-hydrogen) atoms. The lowest BCUT2D eigenvalue weighted by atomic mass is 9.68. The van der Waals surface area contributed by atoms with Crippen LogP contribution in [0.5, 0.6) is 5.75 Å². The Morgan fingerprint density at radius 3 is 2.52 bits per heavy atom. The molecule has 1 N–H and O–H groups in total. The van der Waals surface area contributed by atoms with Crippen LogP contribution >= 0.6 is 0 Å². The van der Waals surface area contributed by atoms with Crippen LogP contribution in [-0.2, 0) is 4.79 Å². The molecule has 0 unspecified atom stereocenters. The average molecular weight is 285 g/mol. The Morgan fingerprint density at radius 1 is 1.33 bits per heavy atom. The van der Waals surface area contributed by atoms with E-state index in [1.807, 2.05) is 24.3 Å². The van der Waals surface area contributed by atoms with Crippen molar-refractivity contribution in [3.05, 3.63) is 36.4 Å². The number of carbonyl (C=O) groups is 1. The summed E-state index contributed by atoms with van der Waals surface area (Å²) >= 11 is 0. The second kappa shape index (κ2) is 4.62. The molecule has 0 spiro atoms. The van der Waals surface area contributed by atoms with E-state index in [9.17, 15) is 4.79 Å². The highest BCUT2D eigenvalue weighted by atomic mass is 16.5. The monoisotopic (exact) mass is 285 g/mol. The number of amides is 1. The number of benzene rings is 1. The van der Waals surface area contributed by atoms with E-state index < -0.39 is 0 Å². The van der Waals surface area contributed by atoms with Crippen LogP contribution in [-0.4, -0.2) is 13.0 Å². The number of ether oxygens (including phenoxy) is 1. The van der Waals surface area contributed by atoms with Crippen molar-refractivity contribution in [2.24, 2.45) is 16.7 Å². The predicted octanol–water partition coefficient (Wildman–Crippen LogP) is 4.02. The van der Waals surface area contributed by atoms with Crippen LogP contribution in [0.25, 0.3) is 0 Å². The van der Waals surface area contributed by atoms with Gasteiger partial charge in [0.25, 0.3) is 0 Å². The molecule has 1 aromatic rings. The van der Waals surface area contributed by atoms with Crippen molar-refractivity contribution in [2.45, 2.75) is 33.1 Å². The van der Waals surface area contributed by atoms with Crippen molar-refractivity contribution in [3.63, 3.8) is 0 Å². The standard InChI is InChI=1S/C18H23NO2/c1-12-17(2,3)13-9-10-18(12,11-13)16(20)19-14-5-7-15(21-4)8-6-14/h5-8,13H,1,9-11H2,2-4H3,(H,19,20)/t13-,18-/m0/s1. The third-order valence-corrected chi connectivity index (χ3v) is 5.67. The van der Waals surface area contributed by atoms with Gasteiger partial charge < -0.3 is 10.1 Å². The lowest BCUT2D eigenvalue weighted by Gasteiger charge is -2.37. The molecule has 0 aliphatic heterocycles. The molecule has 0 aromatic heterocycles. The van der Waals surface area contributed by atoms with E-state index in [0.29, 0.717) is 5.92 Å². The maximum atomic E-state index is 12.8.